The van der Waals surface area contributed by atoms with Crippen LogP contribution in [0.15, 0.2) is 0 Å². The van der Waals surface area contributed by atoms with E-state index in [1.54, 1.807) is 0 Å². The van der Waals surface area contributed by atoms with Crippen molar-refractivity contribution in [3.05, 3.63) is 15.6 Å². The van der Waals surface area contributed by atoms with Gasteiger partial charge in [-0.25, -0.2) is 9.78 Å². The summed E-state index contributed by atoms with van der Waals surface area (Å²) in [4.78, 5) is 41.5. The molecule has 1 aliphatic carbocycles. The SMILES string of the molecule is COC(=O)[C@H](CC(C)C)NC(=O)CNC(=O)c1sc(C2CCCC2)nc1C. The first-order valence-electron chi connectivity index (χ1n) is 9.44. The van der Waals surface area contributed by atoms with Crippen molar-refractivity contribution in [2.24, 2.45) is 5.92 Å². The zero-order valence-electron chi connectivity index (χ0n) is 16.5. The number of rotatable bonds is 8. The van der Waals surface area contributed by atoms with Gasteiger partial charge in [-0.2, -0.15) is 0 Å². The fourth-order valence-electron chi connectivity index (χ4n) is 3.29. The van der Waals surface area contributed by atoms with Gasteiger partial charge in [-0.15, -0.1) is 11.3 Å². The first-order chi connectivity index (χ1) is 12.8. The van der Waals surface area contributed by atoms with E-state index in [9.17, 15) is 14.4 Å². The van der Waals surface area contributed by atoms with Crippen molar-refractivity contribution in [1.29, 1.82) is 0 Å². The van der Waals surface area contributed by atoms with Gasteiger partial charge in [0.25, 0.3) is 5.91 Å². The zero-order valence-corrected chi connectivity index (χ0v) is 17.3. The predicted octanol–water partition coefficient (Wildman–Crippen LogP) is 2.54. The molecule has 1 fully saturated rings. The highest BCUT2D eigenvalue weighted by molar-refractivity contribution is 7.13. The van der Waals surface area contributed by atoms with Gasteiger partial charge in [0.2, 0.25) is 5.91 Å². The third-order valence-electron chi connectivity index (χ3n) is 4.66. The molecule has 0 aromatic carbocycles. The summed E-state index contributed by atoms with van der Waals surface area (Å²) in [5.41, 5.74) is 0.701. The summed E-state index contributed by atoms with van der Waals surface area (Å²) in [5, 5.41) is 6.27. The zero-order chi connectivity index (χ0) is 20.0. The van der Waals surface area contributed by atoms with Crippen LogP contribution in [0.1, 0.15) is 72.2 Å². The van der Waals surface area contributed by atoms with Crippen LogP contribution in [0.2, 0.25) is 0 Å². The lowest BCUT2D eigenvalue weighted by molar-refractivity contribution is -0.145. The van der Waals surface area contributed by atoms with E-state index in [0.717, 1.165) is 17.8 Å². The fraction of sp³-hybridized carbons (Fsp3) is 0.684. The molecule has 0 aliphatic heterocycles. The number of carbonyl (C=O) groups excluding carboxylic acids is 3. The number of esters is 1. The van der Waals surface area contributed by atoms with Crippen molar-refractivity contribution in [1.82, 2.24) is 15.6 Å². The smallest absolute Gasteiger partial charge is 0.328 e. The molecule has 0 bridgehead atoms. The second-order valence-corrected chi connectivity index (χ2v) is 8.43. The number of carbonyl (C=O) groups is 3. The van der Waals surface area contributed by atoms with E-state index >= 15 is 0 Å². The van der Waals surface area contributed by atoms with Gasteiger partial charge >= 0.3 is 5.97 Å². The molecular weight excluding hydrogens is 366 g/mol. The summed E-state index contributed by atoms with van der Waals surface area (Å²) >= 11 is 1.42. The summed E-state index contributed by atoms with van der Waals surface area (Å²) in [6, 6.07) is -0.710. The van der Waals surface area contributed by atoms with Crippen LogP contribution < -0.4 is 10.6 Å². The summed E-state index contributed by atoms with van der Waals surface area (Å²) in [7, 11) is 1.29. The van der Waals surface area contributed by atoms with Crippen molar-refractivity contribution in [2.75, 3.05) is 13.7 Å². The first kappa shape index (κ1) is 21.3. The number of nitrogens with one attached hydrogen (secondary N) is 2. The van der Waals surface area contributed by atoms with E-state index in [-0.39, 0.29) is 18.4 Å². The average Bonchev–Trinajstić information content (AvgIpc) is 3.27. The number of hydrogen-bond acceptors (Lipinski definition) is 6. The van der Waals surface area contributed by atoms with Crippen molar-refractivity contribution >= 4 is 29.1 Å². The highest BCUT2D eigenvalue weighted by atomic mass is 32.1. The average molecular weight is 396 g/mol. The first-order valence-corrected chi connectivity index (χ1v) is 10.3. The Balaban J connectivity index is 1.90. The van der Waals surface area contributed by atoms with Gasteiger partial charge in [0, 0.05) is 5.92 Å². The maximum atomic E-state index is 12.4. The van der Waals surface area contributed by atoms with E-state index < -0.39 is 17.9 Å². The predicted molar refractivity (Wildman–Crippen MR) is 104 cm³/mol. The lowest BCUT2D eigenvalue weighted by Crippen LogP contribution is -2.46. The van der Waals surface area contributed by atoms with Gasteiger partial charge in [-0.1, -0.05) is 26.7 Å². The minimum absolute atomic E-state index is 0.194. The van der Waals surface area contributed by atoms with Gasteiger partial charge in [-0.05, 0) is 32.1 Å². The maximum Gasteiger partial charge on any atom is 0.328 e. The quantitative estimate of drug-likeness (QED) is 0.659. The third kappa shape index (κ3) is 6.02. The Labute approximate surface area is 164 Å². The minimum Gasteiger partial charge on any atom is -0.467 e. The Bertz CT molecular complexity index is 680. The molecule has 7 nitrogen and oxygen atoms in total. The molecule has 150 valence electrons. The third-order valence-corrected chi connectivity index (χ3v) is 5.98. The van der Waals surface area contributed by atoms with E-state index in [2.05, 4.69) is 15.6 Å². The van der Waals surface area contributed by atoms with Crippen LogP contribution >= 0.6 is 11.3 Å². The van der Waals surface area contributed by atoms with Crippen LogP contribution in [0.5, 0.6) is 0 Å². The topological polar surface area (TPSA) is 97.4 Å². The second kappa shape index (κ2) is 9.82. The Morgan fingerprint density at radius 1 is 1.26 bits per heavy atom. The van der Waals surface area contributed by atoms with E-state index in [1.165, 1.54) is 31.3 Å². The number of aryl methyl sites for hydroxylation is 1. The Morgan fingerprint density at radius 2 is 1.93 bits per heavy atom. The Morgan fingerprint density at radius 3 is 2.52 bits per heavy atom. The van der Waals surface area contributed by atoms with Crippen molar-refractivity contribution < 1.29 is 19.1 Å². The lowest BCUT2D eigenvalue weighted by Gasteiger charge is -2.18. The molecule has 0 saturated heterocycles. The normalized spacial score (nSPS) is 15.6. The summed E-state index contributed by atoms with van der Waals surface area (Å²) in [6.45, 7) is 5.54. The number of aromatic nitrogens is 1. The highest BCUT2D eigenvalue weighted by Gasteiger charge is 2.25. The number of amides is 2. The molecule has 1 saturated carbocycles. The molecule has 1 aliphatic rings. The van der Waals surface area contributed by atoms with Crippen molar-refractivity contribution in [2.45, 2.75) is 64.8 Å². The molecule has 1 heterocycles. The van der Waals surface area contributed by atoms with Gasteiger partial charge in [0.1, 0.15) is 10.9 Å². The summed E-state index contributed by atoms with van der Waals surface area (Å²) in [6.07, 6.45) is 5.15. The van der Waals surface area contributed by atoms with Crippen LogP contribution in [-0.2, 0) is 14.3 Å². The van der Waals surface area contributed by atoms with E-state index in [4.69, 9.17) is 4.74 Å². The molecule has 2 N–H and O–H groups in total. The van der Waals surface area contributed by atoms with Crippen molar-refractivity contribution in [3.8, 4) is 0 Å². The maximum absolute atomic E-state index is 12.4. The molecular formula is C19H29N3O4S. The monoisotopic (exact) mass is 395 g/mol. The Hall–Kier alpha value is -1.96. The van der Waals surface area contributed by atoms with Crippen LogP contribution in [0.3, 0.4) is 0 Å². The van der Waals surface area contributed by atoms with Crippen LogP contribution in [-0.4, -0.2) is 42.5 Å². The number of methoxy groups -OCH3 is 1. The fourth-order valence-corrected chi connectivity index (χ4v) is 4.44. The summed E-state index contributed by atoms with van der Waals surface area (Å²) < 4.78 is 4.73. The van der Waals surface area contributed by atoms with Gasteiger partial charge in [-0.3, -0.25) is 9.59 Å². The molecule has 27 heavy (non-hydrogen) atoms. The van der Waals surface area contributed by atoms with Gasteiger partial charge < -0.3 is 15.4 Å². The standard InChI is InChI=1S/C19H29N3O4S/c1-11(2)9-14(19(25)26-4)22-15(23)10-20-17(24)16-12(3)21-18(27-16)13-7-5-6-8-13/h11,13-14H,5-10H2,1-4H3,(H,20,24)(H,22,23)/t14-/m0/s1. The minimum atomic E-state index is -0.710. The molecule has 0 radical (unpaired) electrons. The molecule has 0 spiro atoms. The lowest BCUT2D eigenvalue weighted by atomic mass is 10.0. The molecule has 2 rings (SSSR count). The van der Waals surface area contributed by atoms with E-state index in [1.807, 2.05) is 20.8 Å². The second-order valence-electron chi connectivity index (χ2n) is 7.40. The number of nitrogens with zero attached hydrogens (tertiary/aromatic N) is 1. The molecule has 0 unspecified atom stereocenters. The molecule has 2 amide bonds. The van der Waals surface area contributed by atoms with Crippen LogP contribution in [0.4, 0.5) is 0 Å². The number of hydrogen-bond donors (Lipinski definition) is 2. The number of ether oxygens (including phenoxy) is 1. The summed E-state index contributed by atoms with van der Waals surface area (Å²) in [5.74, 6) is -0.531. The molecule has 1 aromatic heterocycles. The molecule has 8 heteroatoms. The van der Waals surface area contributed by atoms with E-state index in [0.29, 0.717) is 22.9 Å². The molecule has 1 atom stereocenters. The van der Waals surface area contributed by atoms with Gasteiger partial charge in [0.05, 0.1) is 24.4 Å². The highest BCUT2D eigenvalue weighted by Crippen LogP contribution is 2.37. The van der Waals surface area contributed by atoms with Gasteiger partial charge in [0.15, 0.2) is 0 Å². The largest absolute Gasteiger partial charge is 0.467 e. The number of thiazole rings is 1. The van der Waals surface area contributed by atoms with Crippen LogP contribution in [0.25, 0.3) is 0 Å². The van der Waals surface area contributed by atoms with Crippen LogP contribution in [0, 0.1) is 12.8 Å². The Kier molecular flexibility index (Phi) is 7.77. The molecule has 1 aromatic rings. The van der Waals surface area contributed by atoms with Crippen molar-refractivity contribution in [3.63, 3.8) is 0 Å².